The van der Waals surface area contributed by atoms with Crippen molar-refractivity contribution in [1.29, 1.82) is 0 Å². The number of pyridine rings is 1. The van der Waals surface area contributed by atoms with E-state index in [1.54, 1.807) is 18.2 Å². The molecule has 0 aliphatic heterocycles. The highest BCUT2D eigenvalue weighted by Crippen LogP contribution is 2.30. The maximum absolute atomic E-state index is 13.3. The molecule has 0 unspecified atom stereocenters. The fourth-order valence-electron chi connectivity index (χ4n) is 2.66. The molecule has 2 aromatic heterocycles. The van der Waals surface area contributed by atoms with Gasteiger partial charge >= 0.3 is 4.94 Å². The molecule has 0 spiro atoms. The number of carbonyl (C=O) groups is 1. The minimum atomic E-state index is -4.20. The molecule has 9 heteroatoms. The van der Waals surface area contributed by atoms with E-state index in [9.17, 15) is 18.0 Å². The second-order valence-corrected chi connectivity index (χ2v) is 8.47. The van der Waals surface area contributed by atoms with Crippen LogP contribution in [0.1, 0.15) is 10.4 Å². The highest BCUT2D eigenvalue weighted by molar-refractivity contribution is 7.93. The topological polar surface area (TPSA) is 97.6 Å². The summed E-state index contributed by atoms with van der Waals surface area (Å²) in [7, 11) is -4.20. The molecule has 0 saturated carbocycles. The maximum Gasteiger partial charge on any atom is 0.396 e. The van der Waals surface area contributed by atoms with Crippen LogP contribution in [0.5, 0.6) is 0 Å². The number of amides is 1. The van der Waals surface area contributed by atoms with Gasteiger partial charge in [0.25, 0.3) is 15.9 Å². The lowest BCUT2D eigenvalue weighted by Gasteiger charge is -2.22. The van der Waals surface area contributed by atoms with E-state index in [1.807, 2.05) is 0 Å². The molecule has 28 heavy (non-hydrogen) atoms. The Balaban J connectivity index is 1.92. The summed E-state index contributed by atoms with van der Waals surface area (Å²) in [6.45, 7) is 0. The smallest absolute Gasteiger partial charge is 0.396 e. The summed E-state index contributed by atoms with van der Waals surface area (Å²) in [5.74, 6) is -0.735. The minimum absolute atomic E-state index is 0.0297. The number of nitrogens with zero attached hydrogens (tertiary/aromatic N) is 2. The summed E-state index contributed by atoms with van der Waals surface area (Å²) >= 11 is 0.833. The van der Waals surface area contributed by atoms with Gasteiger partial charge in [0.15, 0.2) is 0 Å². The van der Waals surface area contributed by atoms with Crippen LogP contribution in [-0.2, 0) is 10.0 Å². The van der Waals surface area contributed by atoms with Gasteiger partial charge in [-0.15, -0.1) is 0 Å². The maximum atomic E-state index is 13.3. The largest absolute Gasteiger partial charge is 0.414 e. The van der Waals surface area contributed by atoms with Gasteiger partial charge in [-0.1, -0.05) is 29.5 Å². The van der Waals surface area contributed by atoms with E-state index in [-0.39, 0.29) is 16.1 Å². The standard InChI is InChI=1S/C19H12N2O5S2/c22-18(13-8-10-20-11-9-13)21(28(24,25)15-4-2-1-3-5-15)14-6-7-16-17(12-14)27-19(23)26-16/h1-12H. The molecule has 0 N–H and O–H groups in total. The Labute approximate surface area is 163 Å². The van der Waals surface area contributed by atoms with Gasteiger partial charge in [-0.25, -0.2) is 13.2 Å². The van der Waals surface area contributed by atoms with Gasteiger partial charge in [-0.3, -0.25) is 9.78 Å². The molecule has 0 fully saturated rings. The van der Waals surface area contributed by atoms with E-state index in [2.05, 4.69) is 4.98 Å². The fraction of sp³-hybridized carbons (Fsp3) is 0. The van der Waals surface area contributed by atoms with Crippen molar-refractivity contribution in [3.05, 3.63) is 88.4 Å². The molecule has 2 aromatic carbocycles. The lowest BCUT2D eigenvalue weighted by molar-refractivity contribution is 0.101. The molecule has 0 aliphatic rings. The molecule has 0 atom stereocenters. The highest BCUT2D eigenvalue weighted by atomic mass is 32.2. The molecule has 4 rings (SSSR count). The predicted octanol–water partition coefficient (Wildman–Crippen LogP) is 3.29. The van der Waals surface area contributed by atoms with Gasteiger partial charge < -0.3 is 4.42 Å². The van der Waals surface area contributed by atoms with E-state index in [0.29, 0.717) is 10.3 Å². The Hall–Kier alpha value is -3.30. The molecule has 0 bridgehead atoms. The molecular weight excluding hydrogens is 400 g/mol. The number of carbonyl (C=O) groups excluding carboxylic acids is 1. The molecular formula is C19H12N2O5S2. The second-order valence-electron chi connectivity index (χ2n) is 5.71. The quantitative estimate of drug-likeness (QED) is 0.510. The number of fused-ring (bicyclic) bond motifs is 1. The van der Waals surface area contributed by atoms with Crippen LogP contribution in [0.3, 0.4) is 0 Å². The monoisotopic (exact) mass is 412 g/mol. The van der Waals surface area contributed by atoms with Crippen LogP contribution in [0, 0.1) is 0 Å². The Morgan fingerprint density at radius 3 is 2.43 bits per heavy atom. The Bertz CT molecular complexity index is 1310. The number of benzene rings is 2. The van der Waals surface area contributed by atoms with Gasteiger partial charge in [-0.05, 0) is 42.5 Å². The molecule has 140 valence electrons. The zero-order valence-electron chi connectivity index (χ0n) is 14.2. The summed E-state index contributed by atoms with van der Waals surface area (Å²) in [6.07, 6.45) is 2.82. The van der Waals surface area contributed by atoms with Crippen molar-refractivity contribution in [1.82, 2.24) is 4.98 Å². The normalized spacial score (nSPS) is 11.4. The van der Waals surface area contributed by atoms with Crippen LogP contribution in [0.15, 0.2) is 87.2 Å². The predicted molar refractivity (Wildman–Crippen MR) is 105 cm³/mol. The van der Waals surface area contributed by atoms with Crippen LogP contribution in [0.4, 0.5) is 5.69 Å². The summed E-state index contributed by atoms with van der Waals surface area (Å²) < 4.78 is 32.8. The average molecular weight is 412 g/mol. The number of rotatable bonds is 4. The third-order valence-corrected chi connectivity index (χ3v) is 6.46. The van der Waals surface area contributed by atoms with Crippen molar-refractivity contribution in [3.63, 3.8) is 0 Å². The lowest BCUT2D eigenvalue weighted by atomic mass is 10.2. The Morgan fingerprint density at radius 1 is 1.00 bits per heavy atom. The zero-order valence-corrected chi connectivity index (χ0v) is 15.8. The third kappa shape index (κ3) is 3.21. The Kier molecular flexibility index (Phi) is 4.54. The van der Waals surface area contributed by atoms with Crippen molar-refractivity contribution in [3.8, 4) is 0 Å². The first-order chi connectivity index (χ1) is 13.5. The number of hydrogen-bond donors (Lipinski definition) is 0. The molecule has 0 saturated heterocycles. The van der Waals surface area contributed by atoms with Gasteiger partial charge in [0.1, 0.15) is 5.58 Å². The molecule has 2 heterocycles. The number of anilines is 1. The molecule has 7 nitrogen and oxygen atoms in total. The summed E-state index contributed by atoms with van der Waals surface area (Å²) in [5, 5.41) is 0. The Morgan fingerprint density at radius 2 is 1.71 bits per heavy atom. The van der Waals surface area contributed by atoms with Crippen molar-refractivity contribution < 1.29 is 17.6 Å². The van der Waals surface area contributed by atoms with E-state index in [0.717, 1.165) is 15.6 Å². The van der Waals surface area contributed by atoms with Gasteiger partial charge in [0.05, 0.1) is 15.3 Å². The summed E-state index contributed by atoms with van der Waals surface area (Å²) in [6, 6.07) is 14.9. The van der Waals surface area contributed by atoms with Crippen molar-refractivity contribution in [2.75, 3.05) is 4.31 Å². The number of aromatic nitrogens is 1. The van der Waals surface area contributed by atoms with E-state index >= 15 is 0 Å². The first kappa shape index (κ1) is 18.1. The van der Waals surface area contributed by atoms with Crippen LogP contribution in [0.2, 0.25) is 0 Å². The van der Waals surface area contributed by atoms with E-state index in [4.69, 9.17) is 4.42 Å². The molecule has 0 radical (unpaired) electrons. The molecule has 4 aromatic rings. The zero-order chi connectivity index (χ0) is 19.7. The SMILES string of the molecule is O=C(c1ccncc1)N(c1ccc2oc(=O)sc2c1)S(=O)(=O)c1ccccc1. The average Bonchev–Trinajstić information content (AvgIpc) is 3.08. The van der Waals surface area contributed by atoms with Crippen molar-refractivity contribution in [2.24, 2.45) is 0 Å². The number of hydrogen-bond acceptors (Lipinski definition) is 7. The molecule has 1 amide bonds. The second kappa shape index (κ2) is 7.02. The first-order valence-corrected chi connectivity index (χ1v) is 10.3. The van der Waals surface area contributed by atoms with Crippen LogP contribution in [-0.4, -0.2) is 19.3 Å². The van der Waals surface area contributed by atoms with Crippen molar-refractivity contribution in [2.45, 2.75) is 4.90 Å². The summed E-state index contributed by atoms with van der Waals surface area (Å²) in [5.41, 5.74) is 0.595. The highest BCUT2D eigenvalue weighted by Gasteiger charge is 2.32. The van der Waals surface area contributed by atoms with Gasteiger partial charge in [0, 0.05) is 18.0 Å². The summed E-state index contributed by atoms with van der Waals surface area (Å²) in [4.78, 5) is 28.0. The number of sulfonamides is 1. The fourth-order valence-corrected chi connectivity index (χ4v) is 4.79. The van der Waals surface area contributed by atoms with E-state index in [1.165, 1.54) is 54.9 Å². The van der Waals surface area contributed by atoms with Crippen molar-refractivity contribution >= 4 is 43.2 Å². The van der Waals surface area contributed by atoms with Crippen LogP contribution < -0.4 is 9.24 Å². The van der Waals surface area contributed by atoms with Gasteiger partial charge in [-0.2, -0.15) is 4.31 Å². The van der Waals surface area contributed by atoms with Crippen LogP contribution in [0.25, 0.3) is 10.3 Å². The van der Waals surface area contributed by atoms with E-state index < -0.39 is 20.9 Å². The first-order valence-electron chi connectivity index (χ1n) is 8.05. The van der Waals surface area contributed by atoms with Crippen LogP contribution >= 0.6 is 11.3 Å². The molecule has 0 aliphatic carbocycles. The lowest BCUT2D eigenvalue weighted by Crippen LogP contribution is -2.37. The van der Waals surface area contributed by atoms with Gasteiger partial charge in [0.2, 0.25) is 0 Å². The minimum Gasteiger partial charge on any atom is -0.414 e. The third-order valence-electron chi connectivity index (χ3n) is 3.94.